The fraction of sp³-hybridized carbons (Fsp3) is 0.250. The molecule has 0 unspecified atom stereocenters. The van der Waals surface area contributed by atoms with Crippen LogP contribution in [0, 0.1) is 0 Å². The third-order valence-electron chi connectivity index (χ3n) is 3.10. The maximum absolute atomic E-state index is 13.0. The van der Waals surface area contributed by atoms with Crippen LogP contribution in [-0.4, -0.2) is 13.2 Å². The lowest BCUT2D eigenvalue weighted by atomic mass is 10.4. The predicted molar refractivity (Wildman–Crippen MR) is 100 cm³/mol. The summed E-state index contributed by atoms with van der Waals surface area (Å²) in [7, 11) is -3.48. The molecule has 1 N–H and O–H groups in total. The molecule has 0 saturated heterocycles. The molecule has 0 saturated carbocycles. The molecule has 2 rings (SSSR count). The van der Waals surface area contributed by atoms with Gasteiger partial charge in [0.05, 0.1) is 19.4 Å². The molecule has 0 atom stereocenters. The Bertz CT molecular complexity index is 656. The molecule has 0 aliphatic carbocycles. The van der Waals surface area contributed by atoms with Crippen molar-refractivity contribution in [2.45, 2.75) is 13.8 Å². The first-order valence-corrected chi connectivity index (χ1v) is 11.8. The van der Waals surface area contributed by atoms with Gasteiger partial charge in [-0.15, -0.1) is 0 Å². The molecule has 0 aliphatic rings. The van der Waals surface area contributed by atoms with Crippen LogP contribution in [0.25, 0.3) is 0 Å². The van der Waals surface area contributed by atoms with E-state index in [9.17, 15) is 4.57 Å². The van der Waals surface area contributed by atoms with Gasteiger partial charge in [-0.25, -0.2) is 4.57 Å². The Hall–Kier alpha value is -0.800. The Balaban J connectivity index is 2.51. The van der Waals surface area contributed by atoms with Crippen molar-refractivity contribution in [2.24, 2.45) is 0 Å². The molecule has 2 aromatic carbocycles. The molecule has 0 aromatic heterocycles. The molecule has 0 heterocycles. The average Bonchev–Trinajstić information content (AvgIpc) is 2.56. The van der Waals surface area contributed by atoms with Crippen molar-refractivity contribution in [1.29, 1.82) is 0 Å². The minimum atomic E-state index is -3.48. The summed E-state index contributed by atoms with van der Waals surface area (Å²) < 4.78 is 23.8. The molecule has 7 heteroatoms. The van der Waals surface area contributed by atoms with E-state index in [-0.39, 0.29) is 13.2 Å². The van der Waals surface area contributed by atoms with Gasteiger partial charge in [-0.2, -0.15) is 4.86 Å². The Kier molecular flexibility index (Phi) is 6.72. The normalized spacial score (nSPS) is 12.3. The standard InChI is InChI=1S/C16H21NO3P2S/c1-3-19-22(18,20-4-2)17-21(23,15-11-7-5-8-12-15)16-13-9-6-10-14-16/h5-14H,3-4H2,1-2H3,(H,17,18,23). The fourth-order valence-corrected chi connectivity index (χ4v) is 8.78. The van der Waals surface area contributed by atoms with Gasteiger partial charge in [0.25, 0.3) is 0 Å². The lowest BCUT2D eigenvalue weighted by Crippen LogP contribution is -2.27. The van der Waals surface area contributed by atoms with Crippen molar-refractivity contribution >= 4 is 36.4 Å². The van der Waals surface area contributed by atoms with E-state index in [2.05, 4.69) is 4.86 Å². The topological polar surface area (TPSA) is 47.6 Å². The zero-order chi connectivity index (χ0) is 16.8. The van der Waals surface area contributed by atoms with Crippen LogP contribution in [0.5, 0.6) is 0 Å². The van der Waals surface area contributed by atoms with Crippen LogP contribution >= 0.6 is 13.9 Å². The molecular formula is C16H21NO3P2S. The second-order valence-electron chi connectivity index (χ2n) is 4.71. The van der Waals surface area contributed by atoms with Crippen LogP contribution < -0.4 is 15.5 Å². The highest BCUT2D eigenvalue weighted by Gasteiger charge is 2.34. The van der Waals surface area contributed by atoms with E-state index in [4.69, 9.17) is 20.9 Å². The van der Waals surface area contributed by atoms with Crippen LogP contribution in [0.2, 0.25) is 0 Å². The molecule has 4 nitrogen and oxygen atoms in total. The number of nitrogens with one attached hydrogen (secondary N) is 1. The first-order valence-electron chi connectivity index (χ1n) is 7.44. The SMILES string of the molecule is CCOP(=O)(NP(=S)(c1ccccc1)c1ccccc1)OCC. The molecule has 124 valence electrons. The van der Waals surface area contributed by atoms with Crippen molar-refractivity contribution in [3.63, 3.8) is 0 Å². The minimum absolute atomic E-state index is 0.281. The van der Waals surface area contributed by atoms with Gasteiger partial charge in [0.1, 0.15) is 0 Å². The molecule has 0 fully saturated rings. The highest BCUT2D eigenvalue weighted by molar-refractivity contribution is 8.22. The lowest BCUT2D eigenvalue weighted by molar-refractivity contribution is 0.217. The summed E-state index contributed by atoms with van der Waals surface area (Å²) in [6.07, 6.45) is -2.53. The van der Waals surface area contributed by atoms with Crippen molar-refractivity contribution in [1.82, 2.24) is 4.86 Å². The average molecular weight is 369 g/mol. The number of hydrogen-bond donors (Lipinski definition) is 1. The molecule has 0 bridgehead atoms. The molecule has 0 amide bonds. The van der Waals surface area contributed by atoms with E-state index in [0.29, 0.717) is 0 Å². The van der Waals surface area contributed by atoms with Gasteiger partial charge in [-0.05, 0) is 13.8 Å². The first-order chi connectivity index (χ1) is 11.0. The molecular weight excluding hydrogens is 348 g/mol. The maximum atomic E-state index is 13.0. The van der Waals surface area contributed by atoms with Gasteiger partial charge in [0, 0.05) is 10.6 Å². The number of benzene rings is 2. The molecule has 2 aromatic rings. The second-order valence-corrected chi connectivity index (χ2v) is 10.9. The van der Waals surface area contributed by atoms with Crippen LogP contribution in [0.1, 0.15) is 13.8 Å². The largest absolute Gasteiger partial charge is 0.410 e. The summed E-state index contributed by atoms with van der Waals surface area (Å²) in [6.45, 7) is 4.12. The van der Waals surface area contributed by atoms with Crippen molar-refractivity contribution in [3.8, 4) is 0 Å². The monoisotopic (exact) mass is 369 g/mol. The highest BCUT2D eigenvalue weighted by atomic mass is 32.4. The van der Waals surface area contributed by atoms with E-state index >= 15 is 0 Å². The summed E-state index contributed by atoms with van der Waals surface area (Å²) in [6, 6.07) is 19.3. The van der Waals surface area contributed by atoms with Gasteiger partial charge >= 0.3 is 7.75 Å². The predicted octanol–water partition coefficient (Wildman–Crippen LogP) is 3.80. The minimum Gasteiger partial charge on any atom is -0.297 e. The molecule has 0 spiro atoms. The second kappa shape index (κ2) is 8.34. The zero-order valence-electron chi connectivity index (χ0n) is 13.2. The molecule has 0 radical (unpaired) electrons. The van der Waals surface area contributed by atoms with E-state index < -0.39 is 13.9 Å². The van der Waals surface area contributed by atoms with Gasteiger partial charge in [-0.1, -0.05) is 72.5 Å². The molecule has 23 heavy (non-hydrogen) atoms. The van der Waals surface area contributed by atoms with Gasteiger partial charge < -0.3 is 0 Å². The van der Waals surface area contributed by atoms with Crippen LogP contribution in [0.3, 0.4) is 0 Å². The lowest BCUT2D eigenvalue weighted by Gasteiger charge is -2.28. The Morgan fingerprint density at radius 1 is 0.870 bits per heavy atom. The first kappa shape index (κ1) is 18.5. The fourth-order valence-electron chi connectivity index (χ4n) is 2.15. The van der Waals surface area contributed by atoms with Crippen molar-refractivity contribution < 1.29 is 13.6 Å². The Morgan fingerprint density at radius 2 is 1.26 bits per heavy atom. The number of rotatable bonds is 8. The zero-order valence-corrected chi connectivity index (χ0v) is 15.8. The van der Waals surface area contributed by atoms with Crippen LogP contribution in [0.15, 0.2) is 60.7 Å². The van der Waals surface area contributed by atoms with E-state index in [1.54, 1.807) is 13.8 Å². The summed E-state index contributed by atoms with van der Waals surface area (Å²) in [5, 5.41) is 1.83. The van der Waals surface area contributed by atoms with Crippen LogP contribution in [0.4, 0.5) is 0 Å². The van der Waals surface area contributed by atoms with Crippen molar-refractivity contribution in [2.75, 3.05) is 13.2 Å². The Labute approximate surface area is 142 Å². The summed E-state index contributed by atoms with van der Waals surface area (Å²) in [4.78, 5) is 3.08. The molecule has 0 aliphatic heterocycles. The summed E-state index contributed by atoms with van der Waals surface area (Å²) in [5.41, 5.74) is 0. The Morgan fingerprint density at radius 3 is 1.61 bits per heavy atom. The smallest absolute Gasteiger partial charge is 0.297 e. The third-order valence-corrected chi connectivity index (χ3v) is 10.5. The summed E-state index contributed by atoms with van der Waals surface area (Å²) in [5.74, 6) is 0. The van der Waals surface area contributed by atoms with Gasteiger partial charge in [0.2, 0.25) is 0 Å². The van der Waals surface area contributed by atoms with E-state index in [1.165, 1.54) is 0 Å². The number of hydrogen-bond acceptors (Lipinski definition) is 4. The van der Waals surface area contributed by atoms with Crippen molar-refractivity contribution in [3.05, 3.63) is 60.7 Å². The summed E-state index contributed by atoms with van der Waals surface area (Å²) >= 11 is 5.98. The van der Waals surface area contributed by atoms with Gasteiger partial charge in [0.15, 0.2) is 0 Å². The third kappa shape index (κ3) is 4.60. The maximum Gasteiger partial charge on any atom is 0.410 e. The van der Waals surface area contributed by atoms with Gasteiger partial charge in [-0.3, -0.25) is 9.05 Å². The quantitative estimate of drug-likeness (QED) is 0.717. The van der Waals surface area contributed by atoms with E-state index in [1.807, 2.05) is 60.7 Å². The highest BCUT2D eigenvalue weighted by Crippen LogP contribution is 2.55. The van der Waals surface area contributed by atoms with Crippen LogP contribution in [-0.2, 0) is 25.4 Å². The van der Waals surface area contributed by atoms with E-state index in [0.717, 1.165) is 10.6 Å².